The van der Waals surface area contributed by atoms with Crippen LogP contribution < -0.4 is 26.2 Å². The van der Waals surface area contributed by atoms with Crippen LogP contribution in [0.25, 0.3) is 0 Å². The number of fused-ring (bicyclic) bond motifs is 6. The predicted molar refractivity (Wildman–Crippen MR) is 258 cm³/mol. The van der Waals surface area contributed by atoms with Gasteiger partial charge < -0.3 is 9.80 Å². The number of benzene rings is 5. The number of anilines is 6. The number of rotatable bonds is 2. The fourth-order valence-electron chi connectivity index (χ4n) is 11.8. The first kappa shape index (κ1) is 40.2. The summed E-state index contributed by atoms with van der Waals surface area (Å²) in [6, 6.07) is 30.2. The lowest BCUT2D eigenvalue weighted by atomic mass is 9.33. The second-order valence-corrected chi connectivity index (χ2v) is 23.9. The molecule has 0 N–H and O–H groups in total. The maximum Gasteiger partial charge on any atom is 0.252 e. The minimum absolute atomic E-state index is 0.00440. The molecule has 3 heteroatoms. The van der Waals surface area contributed by atoms with E-state index in [9.17, 15) is 0 Å². The summed E-state index contributed by atoms with van der Waals surface area (Å²) in [6.45, 7) is 40.9. The molecule has 5 aromatic carbocycles. The van der Waals surface area contributed by atoms with Crippen molar-refractivity contribution in [3.05, 3.63) is 123 Å². The molecule has 306 valence electrons. The van der Waals surface area contributed by atoms with Crippen molar-refractivity contribution in [3.63, 3.8) is 0 Å². The largest absolute Gasteiger partial charge is 0.311 e. The average Bonchev–Trinajstić information content (AvgIpc) is 3.30. The number of hydrogen-bond acceptors (Lipinski definition) is 2. The summed E-state index contributed by atoms with van der Waals surface area (Å²) in [5, 5.41) is 0. The van der Waals surface area contributed by atoms with E-state index in [4.69, 9.17) is 0 Å². The van der Waals surface area contributed by atoms with E-state index in [2.05, 4.69) is 200 Å². The van der Waals surface area contributed by atoms with Crippen LogP contribution in [0, 0.1) is 20.8 Å². The van der Waals surface area contributed by atoms with Crippen LogP contribution in [-0.4, -0.2) is 6.71 Å². The maximum absolute atomic E-state index is 2.72. The highest BCUT2D eigenvalue weighted by Gasteiger charge is 2.48. The van der Waals surface area contributed by atoms with Crippen LogP contribution >= 0.6 is 0 Å². The molecule has 5 aromatic rings. The molecule has 0 aromatic heterocycles. The van der Waals surface area contributed by atoms with Gasteiger partial charge in [0.25, 0.3) is 6.71 Å². The first-order chi connectivity index (χ1) is 27.2. The van der Waals surface area contributed by atoms with Gasteiger partial charge >= 0.3 is 0 Å². The first-order valence-corrected chi connectivity index (χ1v) is 22.6. The Morgan fingerprint density at radius 1 is 0.441 bits per heavy atom. The molecular formula is C56H69BN2. The van der Waals surface area contributed by atoms with Crippen LogP contribution in [0.1, 0.15) is 166 Å². The van der Waals surface area contributed by atoms with Crippen molar-refractivity contribution in [2.24, 2.45) is 0 Å². The molecule has 0 unspecified atom stereocenters. The normalized spacial score (nSPS) is 19.2. The first-order valence-electron chi connectivity index (χ1n) is 22.6. The van der Waals surface area contributed by atoms with Gasteiger partial charge in [0.2, 0.25) is 0 Å². The highest BCUT2D eigenvalue weighted by atomic mass is 15.2. The van der Waals surface area contributed by atoms with Gasteiger partial charge in [0.1, 0.15) is 0 Å². The van der Waals surface area contributed by atoms with E-state index >= 15 is 0 Å². The topological polar surface area (TPSA) is 6.48 Å². The minimum Gasteiger partial charge on any atom is -0.311 e. The molecule has 0 atom stereocenters. The predicted octanol–water partition coefficient (Wildman–Crippen LogP) is 13.6. The standard InChI is InChI=1S/C56H69BN2/c1-33-24-48-50-49(25-33)59(45-30-41-38(26-35(45)3)55(14,15)32-56(41,16)17)47-31-40-39(53(10,11)22-23-54(40,12)13)29-43(47)57(50)42-21-20-37(52(7,8)9)28-46(42)58(48)44-27-36(51(4,5)6)19-18-34(44)2/h18-21,24-31H,22-23,32H2,1-17H3. The van der Waals surface area contributed by atoms with E-state index in [-0.39, 0.29) is 39.2 Å². The van der Waals surface area contributed by atoms with E-state index in [1.165, 1.54) is 113 Å². The van der Waals surface area contributed by atoms with Crippen molar-refractivity contribution in [1.29, 1.82) is 0 Å². The molecule has 0 saturated heterocycles. The lowest BCUT2D eigenvalue weighted by Crippen LogP contribution is -2.62. The molecule has 0 fully saturated rings. The Morgan fingerprint density at radius 3 is 1.44 bits per heavy atom. The van der Waals surface area contributed by atoms with Crippen LogP contribution in [-0.2, 0) is 32.5 Å². The van der Waals surface area contributed by atoms with Gasteiger partial charge in [-0.3, -0.25) is 0 Å². The van der Waals surface area contributed by atoms with E-state index in [1.807, 2.05) is 0 Å². The average molecular weight is 781 g/mol. The van der Waals surface area contributed by atoms with Crippen LogP contribution in [0.5, 0.6) is 0 Å². The fourth-order valence-corrected chi connectivity index (χ4v) is 11.8. The third-order valence-electron chi connectivity index (χ3n) is 15.3. The number of nitrogens with zero attached hydrogens (tertiary/aromatic N) is 2. The molecule has 0 saturated carbocycles. The SMILES string of the molecule is Cc1cc2c3c(c1)N(c1cc4c(cc1C)C(C)(C)CC4(C)C)c1cc4c(cc1B3c1ccc(C(C)(C)C)cc1N2c1cc(C(C)(C)C)ccc1C)C(C)(C)CCC4(C)C. The molecule has 2 nitrogen and oxygen atoms in total. The maximum atomic E-state index is 2.72. The lowest BCUT2D eigenvalue weighted by Gasteiger charge is -2.48. The van der Waals surface area contributed by atoms with Crippen LogP contribution in [0.3, 0.4) is 0 Å². The minimum atomic E-state index is 0.00440. The second kappa shape index (κ2) is 12.4. The summed E-state index contributed by atoms with van der Waals surface area (Å²) >= 11 is 0. The Morgan fingerprint density at radius 2 is 0.881 bits per heavy atom. The Kier molecular flexibility index (Phi) is 8.46. The molecule has 0 amide bonds. The van der Waals surface area contributed by atoms with Crippen molar-refractivity contribution < 1.29 is 0 Å². The Balaban J connectivity index is 1.43. The molecular weight excluding hydrogens is 711 g/mol. The molecule has 9 rings (SSSR count). The van der Waals surface area contributed by atoms with Crippen molar-refractivity contribution >= 4 is 57.2 Å². The molecule has 0 radical (unpaired) electrons. The second-order valence-electron chi connectivity index (χ2n) is 23.9. The third-order valence-corrected chi connectivity index (χ3v) is 15.3. The van der Waals surface area contributed by atoms with Crippen molar-refractivity contribution in [3.8, 4) is 0 Å². The molecule has 4 aliphatic rings. The molecule has 2 aliphatic heterocycles. The van der Waals surface area contributed by atoms with Gasteiger partial charge in [-0.05, 0) is 175 Å². The van der Waals surface area contributed by atoms with Gasteiger partial charge in [-0.1, -0.05) is 133 Å². The Hall–Kier alpha value is -4.24. The van der Waals surface area contributed by atoms with Gasteiger partial charge in [-0.2, -0.15) is 0 Å². The van der Waals surface area contributed by atoms with Gasteiger partial charge in [-0.25, -0.2) is 0 Å². The van der Waals surface area contributed by atoms with Crippen LogP contribution in [0.15, 0.2) is 72.8 Å². The third kappa shape index (κ3) is 6.01. The summed E-state index contributed by atoms with van der Waals surface area (Å²) in [5.74, 6) is 0. The zero-order valence-corrected chi connectivity index (χ0v) is 39.5. The number of hydrogen-bond donors (Lipinski definition) is 0. The van der Waals surface area contributed by atoms with Gasteiger partial charge in [-0.15, -0.1) is 0 Å². The molecule has 0 spiro atoms. The summed E-state index contributed by atoms with van der Waals surface area (Å²) < 4.78 is 0. The molecule has 0 bridgehead atoms. The van der Waals surface area contributed by atoms with Crippen molar-refractivity contribution in [2.45, 2.75) is 169 Å². The summed E-state index contributed by atoms with van der Waals surface area (Å²) in [6.07, 6.45) is 3.54. The monoisotopic (exact) mass is 781 g/mol. The van der Waals surface area contributed by atoms with E-state index in [0.717, 1.165) is 6.42 Å². The Bertz CT molecular complexity index is 2600. The highest BCUT2D eigenvalue weighted by molar-refractivity contribution is 7.00. The molecule has 59 heavy (non-hydrogen) atoms. The smallest absolute Gasteiger partial charge is 0.252 e. The summed E-state index contributed by atoms with van der Waals surface area (Å²) in [5.41, 5.74) is 25.3. The van der Waals surface area contributed by atoms with Crippen LogP contribution in [0.2, 0.25) is 0 Å². The van der Waals surface area contributed by atoms with Gasteiger partial charge in [0.15, 0.2) is 0 Å². The zero-order valence-electron chi connectivity index (χ0n) is 39.5. The van der Waals surface area contributed by atoms with E-state index in [0.29, 0.717) is 0 Å². The molecule has 2 heterocycles. The summed E-state index contributed by atoms with van der Waals surface area (Å²) in [7, 11) is 0. The molecule has 2 aliphatic carbocycles. The highest BCUT2D eigenvalue weighted by Crippen LogP contribution is 2.55. The van der Waals surface area contributed by atoms with Gasteiger partial charge in [0, 0.05) is 34.1 Å². The van der Waals surface area contributed by atoms with E-state index < -0.39 is 0 Å². The Labute approximate surface area is 357 Å². The van der Waals surface area contributed by atoms with Crippen molar-refractivity contribution in [2.75, 3.05) is 9.80 Å². The van der Waals surface area contributed by atoms with E-state index in [1.54, 1.807) is 0 Å². The quantitative estimate of drug-likeness (QED) is 0.161. The van der Waals surface area contributed by atoms with Gasteiger partial charge in [0.05, 0.1) is 0 Å². The van der Waals surface area contributed by atoms with Crippen molar-refractivity contribution in [1.82, 2.24) is 0 Å². The van der Waals surface area contributed by atoms with Crippen LogP contribution in [0.4, 0.5) is 34.1 Å². The summed E-state index contributed by atoms with van der Waals surface area (Å²) in [4.78, 5) is 5.38. The number of aryl methyl sites for hydroxylation is 3. The fraction of sp³-hybridized carbons (Fsp3) is 0.464. The zero-order chi connectivity index (χ0) is 42.7. The lowest BCUT2D eigenvalue weighted by molar-refractivity contribution is 0.332.